The Morgan fingerprint density at radius 3 is 1.57 bits per heavy atom. The zero-order chi connectivity index (χ0) is 17.1. The van der Waals surface area contributed by atoms with Crippen LogP contribution in [0, 0.1) is 0 Å². The van der Waals surface area contributed by atoms with Crippen molar-refractivity contribution in [2.45, 2.75) is 57.7 Å². The quantitative estimate of drug-likeness (QED) is 0.591. The summed E-state index contributed by atoms with van der Waals surface area (Å²) in [6, 6.07) is 22.2. The second-order valence-corrected chi connectivity index (χ2v) is 13.6. The van der Waals surface area contributed by atoms with E-state index in [1.165, 1.54) is 5.56 Å². The molecule has 23 heavy (non-hydrogen) atoms. The van der Waals surface area contributed by atoms with Crippen molar-refractivity contribution in [2.75, 3.05) is 0 Å². The van der Waals surface area contributed by atoms with Gasteiger partial charge in [-0.1, -0.05) is 90.1 Å². The van der Waals surface area contributed by atoms with Gasteiger partial charge in [-0.05, 0) is 27.8 Å². The fraction of sp³-hybridized carbons (Fsp3) is 0.429. The Bertz CT molecular complexity index is 548. The molecule has 124 valence electrons. The predicted octanol–water partition coefficient (Wildman–Crippen LogP) is 6.39. The zero-order valence-corrected chi connectivity index (χ0v) is 16.4. The Labute approximate surface area is 142 Å². The maximum Gasteiger partial charge on any atom is 0.266 e. The largest absolute Gasteiger partial charge is 0.542 e. The van der Waals surface area contributed by atoms with Crippen molar-refractivity contribution < 1.29 is 4.43 Å². The molecular weight excluding hydrogens is 296 g/mol. The first-order valence-corrected chi connectivity index (χ1v) is 10.6. The topological polar surface area (TPSA) is 9.23 Å². The van der Waals surface area contributed by atoms with Crippen LogP contribution in [0.3, 0.4) is 0 Å². The summed E-state index contributed by atoms with van der Waals surface area (Å²) in [6.07, 6.45) is 0. The highest BCUT2D eigenvalue weighted by Gasteiger charge is 2.56. The van der Waals surface area contributed by atoms with Gasteiger partial charge in [0.25, 0.3) is 8.32 Å². The normalized spacial score (nSPS) is 13.0. The van der Waals surface area contributed by atoms with Crippen LogP contribution in [0.15, 0.2) is 60.7 Å². The zero-order valence-electron chi connectivity index (χ0n) is 15.4. The van der Waals surface area contributed by atoms with E-state index in [2.05, 4.69) is 96.1 Å². The number of benzene rings is 2. The highest BCUT2D eigenvalue weighted by Crippen LogP contribution is 2.53. The molecule has 2 rings (SSSR count). The van der Waals surface area contributed by atoms with Crippen molar-refractivity contribution >= 4 is 8.32 Å². The van der Waals surface area contributed by atoms with E-state index in [1.54, 1.807) is 0 Å². The molecule has 0 amide bonds. The summed E-state index contributed by atoms with van der Waals surface area (Å²) in [5, 5.41) is 0.244. The Morgan fingerprint density at radius 1 is 0.696 bits per heavy atom. The second kappa shape index (κ2) is 6.52. The summed E-state index contributed by atoms with van der Waals surface area (Å²) in [5.74, 6) is 1.000. The van der Waals surface area contributed by atoms with E-state index in [9.17, 15) is 0 Å². The SMILES string of the molecule is CC(C)(C)[Si](Cc1ccccc1)(Oc1ccccc1)C(C)(C)C. The van der Waals surface area contributed by atoms with Gasteiger partial charge in [0.05, 0.1) is 0 Å². The van der Waals surface area contributed by atoms with E-state index in [0.717, 1.165) is 11.8 Å². The molecule has 0 unspecified atom stereocenters. The van der Waals surface area contributed by atoms with Crippen molar-refractivity contribution in [3.63, 3.8) is 0 Å². The van der Waals surface area contributed by atoms with Crippen molar-refractivity contribution in [3.8, 4) is 5.75 Å². The van der Waals surface area contributed by atoms with Gasteiger partial charge in [-0.2, -0.15) is 0 Å². The van der Waals surface area contributed by atoms with Gasteiger partial charge in [-0.3, -0.25) is 0 Å². The van der Waals surface area contributed by atoms with E-state index < -0.39 is 8.32 Å². The van der Waals surface area contributed by atoms with Gasteiger partial charge >= 0.3 is 0 Å². The highest BCUT2D eigenvalue weighted by atomic mass is 28.4. The molecule has 0 heterocycles. The van der Waals surface area contributed by atoms with Gasteiger partial charge in [-0.15, -0.1) is 0 Å². The summed E-state index contributed by atoms with van der Waals surface area (Å²) in [6.45, 7) is 14.1. The lowest BCUT2D eigenvalue weighted by atomic mass is 10.2. The van der Waals surface area contributed by atoms with Crippen LogP contribution in [-0.4, -0.2) is 8.32 Å². The van der Waals surface area contributed by atoms with Crippen LogP contribution in [0.4, 0.5) is 0 Å². The lowest BCUT2D eigenvalue weighted by Gasteiger charge is -2.50. The van der Waals surface area contributed by atoms with Gasteiger partial charge in [0.2, 0.25) is 0 Å². The fourth-order valence-corrected chi connectivity index (χ4v) is 8.91. The third-order valence-corrected chi connectivity index (χ3v) is 11.1. The van der Waals surface area contributed by atoms with Gasteiger partial charge in [0, 0.05) is 6.04 Å². The molecule has 0 aliphatic heterocycles. The summed E-state index contributed by atoms with van der Waals surface area (Å²) in [7, 11) is -2.18. The third kappa shape index (κ3) is 3.87. The van der Waals surface area contributed by atoms with Crippen LogP contribution < -0.4 is 4.43 Å². The molecule has 0 saturated carbocycles. The fourth-order valence-electron chi connectivity index (χ4n) is 3.57. The summed E-state index contributed by atoms with van der Waals surface area (Å²) >= 11 is 0. The number of rotatable bonds is 4. The maximum atomic E-state index is 6.87. The summed E-state index contributed by atoms with van der Waals surface area (Å²) in [4.78, 5) is 0. The van der Waals surface area contributed by atoms with E-state index in [0.29, 0.717) is 0 Å². The van der Waals surface area contributed by atoms with Crippen LogP contribution in [0.1, 0.15) is 47.1 Å². The van der Waals surface area contributed by atoms with Crippen molar-refractivity contribution in [1.82, 2.24) is 0 Å². The van der Waals surface area contributed by atoms with Crippen LogP contribution in [0.25, 0.3) is 0 Å². The molecule has 1 nitrogen and oxygen atoms in total. The minimum absolute atomic E-state index is 0.122. The first-order chi connectivity index (χ1) is 10.7. The minimum atomic E-state index is -2.18. The Morgan fingerprint density at radius 2 is 1.13 bits per heavy atom. The number of hydrogen-bond acceptors (Lipinski definition) is 1. The van der Waals surface area contributed by atoms with Gasteiger partial charge < -0.3 is 4.43 Å². The molecule has 0 spiro atoms. The first kappa shape index (κ1) is 17.8. The second-order valence-electron chi connectivity index (χ2n) is 8.40. The molecule has 2 aromatic carbocycles. The first-order valence-electron chi connectivity index (χ1n) is 8.44. The maximum absolute atomic E-state index is 6.87. The van der Waals surface area contributed by atoms with Crippen LogP contribution in [0.5, 0.6) is 5.75 Å². The lowest BCUT2D eigenvalue weighted by Crippen LogP contribution is -2.59. The highest BCUT2D eigenvalue weighted by molar-refractivity contribution is 6.79. The molecule has 0 fully saturated rings. The molecule has 0 saturated heterocycles. The standard InChI is InChI=1S/C21H30OSi/c1-20(2,3)23(21(4,5)6,17-18-13-9-7-10-14-18)22-19-15-11-8-12-16-19/h7-16H,17H2,1-6H3. The molecule has 2 heteroatoms. The monoisotopic (exact) mass is 326 g/mol. The van der Waals surface area contributed by atoms with Crippen molar-refractivity contribution in [1.29, 1.82) is 0 Å². The van der Waals surface area contributed by atoms with Crippen LogP contribution in [0.2, 0.25) is 10.1 Å². The lowest BCUT2D eigenvalue weighted by molar-refractivity contribution is 0.418. The predicted molar refractivity (Wildman–Crippen MR) is 102 cm³/mol. The molecule has 0 bridgehead atoms. The summed E-state index contributed by atoms with van der Waals surface area (Å²) in [5.41, 5.74) is 1.37. The summed E-state index contributed by atoms with van der Waals surface area (Å²) < 4.78 is 6.87. The molecule has 0 aliphatic carbocycles. The average molecular weight is 327 g/mol. The van der Waals surface area contributed by atoms with E-state index >= 15 is 0 Å². The van der Waals surface area contributed by atoms with Crippen LogP contribution >= 0.6 is 0 Å². The van der Waals surface area contributed by atoms with Gasteiger partial charge in [0.1, 0.15) is 5.75 Å². The molecule has 0 atom stereocenters. The number of para-hydroxylation sites is 1. The van der Waals surface area contributed by atoms with Crippen molar-refractivity contribution in [3.05, 3.63) is 66.2 Å². The molecular formula is C21H30OSi. The Balaban J connectivity index is 2.51. The molecule has 0 radical (unpaired) electrons. The molecule has 0 aliphatic rings. The van der Waals surface area contributed by atoms with E-state index in [-0.39, 0.29) is 10.1 Å². The Kier molecular flexibility index (Phi) is 5.05. The minimum Gasteiger partial charge on any atom is -0.542 e. The Hall–Kier alpha value is -1.54. The van der Waals surface area contributed by atoms with E-state index in [1.807, 2.05) is 6.07 Å². The molecule has 2 aromatic rings. The average Bonchev–Trinajstić information content (AvgIpc) is 2.46. The third-order valence-electron chi connectivity index (χ3n) is 4.75. The molecule has 0 N–H and O–H groups in total. The van der Waals surface area contributed by atoms with Crippen molar-refractivity contribution in [2.24, 2.45) is 0 Å². The van der Waals surface area contributed by atoms with Gasteiger partial charge in [-0.25, -0.2) is 0 Å². The smallest absolute Gasteiger partial charge is 0.266 e. The van der Waals surface area contributed by atoms with E-state index in [4.69, 9.17) is 4.43 Å². The molecule has 0 aromatic heterocycles. The van der Waals surface area contributed by atoms with Gasteiger partial charge in [0.15, 0.2) is 0 Å². The number of hydrogen-bond donors (Lipinski definition) is 0. The van der Waals surface area contributed by atoms with Crippen LogP contribution in [-0.2, 0) is 6.04 Å².